The van der Waals surface area contributed by atoms with E-state index in [1.165, 1.54) is 13.1 Å². The number of hydrogen-bond donors (Lipinski definition) is 2. The first-order valence-electron chi connectivity index (χ1n) is 7.55. The number of carbonyl (C=O) groups excluding carboxylic acids is 2. The average Bonchev–Trinajstić information content (AvgIpc) is 2.78. The molecule has 0 saturated heterocycles. The molecule has 124 valence electrons. The van der Waals surface area contributed by atoms with Crippen molar-refractivity contribution in [3.8, 4) is 11.4 Å². The number of amides is 2. The lowest BCUT2D eigenvalue weighted by Crippen LogP contribution is -2.30. The monoisotopic (exact) mass is 392 g/mol. The van der Waals surface area contributed by atoms with E-state index < -0.39 is 11.8 Å². The predicted octanol–water partition coefficient (Wildman–Crippen LogP) is 2.34. The van der Waals surface area contributed by atoms with Crippen molar-refractivity contribution in [2.75, 3.05) is 7.05 Å². The van der Waals surface area contributed by atoms with E-state index in [2.05, 4.69) is 26.2 Å². The Labute approximate surface area is 145 Å². The van der Waals surface area contributed by atoms with Gasteiger partial charge in [-0.25, -0.2) is 9.37 Å². The summed E-state index contributed by atoms with van der Waals surface area (Å²) in [5.41, 5.74) is 7.13. The second kappa shape index (κ2) is 5.14. The Hall–Kier alpha value is -2.22. The molecule has 0 radical (unpaired) electrons. The van der Waals surface area contributed by atoms with Crippen LogP contribution in [0.3, 0.4) is 0 Å². The van der Waals surface area contributed by atoms with E-state index in [1.54, 1.807) is 10.6 Å². The maximum absolute atomic E-state index is 14.0. The number of nitrogens with zero attached hydrogens (tertiary/aromatic N) is 2. The summed E-state index contributed by atoms with van der Waals surface area (Å²) in [6, 6.07) is 3.21. The van der Waals surface area contributed by atoms with E-state index in [0.29, 0.717) is 10.3 Å². The molecule has 2 aromatic rings. The molecule has 0 atom stereocenters. The zero-order valence-electron chi connectivity index (χ0n) is 12.8. The molecule has 2 bridgehead atoms. The third-order valence-corrected chi connectivity index (χ3v) is 5.45. The van der Waals surface area contributed by atoms with Gasteiger partial charge in [-0.05, 0) is 52.4 Å². The SMILES string of the molecule is CNC(=O)c1c(C(N)=O)nc2n1C1CC(C1)c1cc(F)c(Br)cc1-2. The Morgan fingerprint density at radius 3 is 2.75 bits per heavy atom. The molecular weight excluding hydrogens is 379 g/mol. The van der Waals surface area contributed by atoms with Gasteiger partial charge in [-0.1, -0.05) is 0 Å². The number of rotatable bonds is 2. The molecule has 0 spiro atoms. The highest BCUT2D eigenvalue weighted by atomic mass is 79.9. The summed E-state index contributed by atoms with van der Waals surface area (Å²) in [4.78, 5) is 28.5. The summed E-state index contributed by atoms with van der Waals surface area (Å²) in [5, 5.41) is 2.54. The van der Waals surface area contributed by atoms with Crippen LogP contribution in [0.2, 0.25) is 0 Å². The molecule has 1 aromatic heterocycles. The normalized spacial score (nSPS) is 20.5. The van der Waals surface area contributed by atoms with Crippen molar-refractivity contribution < 1.29 is 14.0 Å². The van der Waals surface area contributed by atoms with Crippen molar-refractivity contribution in [2.45, 2.75) is 24.8 Å². The minimum absolute atomic E-state index is 0.0483. The lowest BCUT2D eigenvalue weighted by Gasteiger charge is -2.35. The largest absolute Gasteiger partial charge is 0.364 e. The molecule has 6 nitrogen and oxygen atoms in total. The topological polar surface area (TPSA) is 90.0 Å². The summed E-state index contributed by atoms with van der Waals surface area (Å²) in [7, 11) is 1.49. The smallest absolute Gasteiger partial charge is 0.270 e. The first kappa shape index (κ1) is 15.3. The molecule has 0 unspecified atom stereocenters. The van der Waals surface area contributed by atoms with Gasteiger partial charge in [0.2, 0.25) is 0 Å². The molecule has 8 heteroatoms. The van der Waals surface area contributed by atoms with Gasteiger partial charge in [-0.2, -0.15) is 0 Å². The predicted molar refractivity (Wildman–Crippen MR) is 88.2 cm³/mol. The molecule has 2 amide bonds. The zero-order chi connectivity index (χ0) is 17.2. The van der Waals surface area contributed by atoms with Crippen molar-refractivity contribution in [1.82, 2.24) is 14.9 Å². The fraction of sp³-hybridized carbons (Fsp3) is 0.312. The second-order valence-corrected chi connectivity index (χ2v) is 6.98. The number of aromatic nitrogens is 2. The Balaban J connectivity index is 2.06. The highest BCUT2D eigenvalue weighted by molar-refractivity contribution is 9.10. The second-order valence-electron chi connectivity index (χ2n) is 6.12. The van der Waals surface area contributed by atoms with Gasteiger partial charge < -0.3 is 15.6 Å². The van der Waals surface area contributed by atoms with Crippen LogP contribution in [-0.2, 0) is 0 Å². The van der Waals surface area contributed by atoms with E-state index in [0.717, 1.165) is 24.0 Å². The molecule has 1 fully saturated rings. The van der Waals surface area contributed by atoms with Crippen LogP contribution >= 0.6 is 15.9 Å². The van der Waals surface area contributed by atoms with Gasteiger partial charge in [0.05, 0.1) is 4.47 Å². The number of nitrogens with one attached hydrogen (secondary N) is 1. The number of hydrogen-bond acceptors (Lipinski definition) is 3. The quantitative estimate of drug-likeness (QED) is 0.821. The maximum Gasteiger partial charge on any atom is 0.270 e. The van der Waals surface area contributed by atoms with Crippen molar-refractivity contribution in [3.05, 3.63) is 39.4 Å². The van der Waals surface area contributed by atoms with Crippen LogP contribution in [-0.4, -0.2) is 28.4 Å². The van der Waals surface area contributed by atoms with Crippen LogP contribution in [0.25, 0.3) is 11.4 Å². The Morgan fingerprint density at radius 1 is 1.42 bits per heavy atom. The van der Waals surface area contributed by atoms with E-state index in [4.69, 9.17) is 5.73 Å². The molecule has 3 heterocycles. The van der Waals surface area contributed by atoms with Gasteiger partial charge in [-0.3, -0.25) is 9.59 Å². The van der Waals surface area contributed by atoms with Gasteiger partial charge in [0, 0.05) is 18.7 Å². The van der Waals surface area contributed by atoms with E-state index >= 15 is 0 Å². The van der Waals surface area contributed by atoms with Crippen LogP contribution in [0.4, 0.5) is 4.39 Å². The molecule has 5 rings (SSSR count). The van der Waals surface area contributed by atoms with E-state index in [1.807, 2.05) is 0 Å². The summed E-state index contributed by atoms with van der Waals surface area (Å²) >= 11 is 3.20. The molecular formula is C16H14BrFN4O2. The van der Waals surface area contributed by atoms with Crippen molar-refractivity contribution in [1.29, 1.82) is 0 Å². The van der Waals surface area contributed by atoms with Gasteiger partial charge >= 0.3 is 0 Å². The van der Waals surface area contributed by atoms with Crippen molar-refractivity contribution >= 4 is 27.7 Å². The lowest BCUT2D eigenvalue weighted by molar-refractivity contribution is 0.0928. The standard InChI is InChI=1S/C16H14BrFN4O2/c1-20-16(24)13-12(14(19)23)21-15-9-4-10(17)11(18)5-8(9)6-2-7(3-6)22(13)15/h4-7H,2-3H2,1H3,(H2,19,23)(H,20,24). The Morgan fingerprint density at radius 2 is 2.12 bits per heavy atom. The average molecular weight is 393 g/mol. The lowest BCUT2D eigenvalue weighted by atomic mass is 9.75. The highest BCUT2D eigenvalue weighted by Gasteiger charge is 2.42. The fourth-order valence-corrected chi connectivity index (χ4v) is 3.97. The number of primary amides is 1. The van der Waals surface area contributed by atoms with E-state index in [-0.39, 0.29) is 29.2 Å². The number of nitrogens with two attached hydrogens (primary N) is 1. The minimum atomic E-state index is -0.757. The molecule has 1 saturated carbocycles. The van der Waals surface area contributed by atoms with Crippen LogP contribution in [0.5, 0.6) is 0 Å². The molecule has 2 aliphatic heterocycles. The maximum atomic E-state index is 14.0. The molecule has 1 aliphatic carbocycles. The molecule has 3 N–H and O–H groups in total. The number of halogens is 2. The fourth-order valence-electron chi connectivity index (χ4n) is 3.63. The first-order chi connectivity index (χ1) is 11.4. The molecule has 1 aromatic carbocycles. The summed E-state index contributed by atoms with van der Waals surface area (Å²) in [5.74, 6) is -0.783. The van der Waals surface area contributed by atoms with Crippen LogP contribution in [0, 0.1) is 5.82 Å². The van der Waals surface area contributed by atoms with Crippen LogP contribution in [0.1, 0.15) is 51.3 Å². The number of carbonyl (C=O) groups is 2. The van der Waals surface area contributed by atoms with Crippen molar-refractivity contribution in [2.24, 2.45) is 5.73 Å². The molecule has 3 aliphatic rings. The number of benzene rings is 1. The van der Waals surface area contributed by atoms with Gasteiger partial charge in [0.15, 0.2) is 5.69 Å². The minimum Gasteiger partial charge on any atom is -0.364 e. The van der Waals surface area contributed by atoms with E-state index in [9.17, 15) is 14.0 Å². The third-order valence-electron chi connectivity index (χ3n) is 4.84. The van der Waals surface area contributed by atoms with Crippen molar-refractivity contribution in [3.63, 3.8) is 0 Å². The van der Waals surface area contributed by atoms with Gasteiger partial charge in [-0.15, -0.1) is 0 Å². The Kier molecular flexibility index (Phi) is 3.28. The Bertz CT molecular complexity index is 902. The zero-order valence-corrected chi connectivity index (χ0v) is 14.4. The van der Waals surface area contributed by atoms with Gasteiger partial charge in [0.25, 0.3) is 11.8 Å². The number of imidazole rings is 1. The summed E-state index contributed by atoms with van der Waals surface area (Å²) < 4.78 is 16.1. The van der Waals surface area contributed by atoms with Gasteiger partial charge in [0.1, 0.15) is 17.3 Å². The first-order valence-corrected chi connectivity index (χ1v) is 8.35. The summed E-state index contributed by atoms with van der Waals surface area (Å²) in [6.45, 7) is 0. The highest BCUT2D eigenvalue weighted by Crippen LogP contribution is 2.53. The third kappa shape index (κ3) is 1.95. The molecule has 24 heavy (non-hydrogen) atoms. The summed E-state index contributed by atoms with van der Waals surface area (Å²) in [6.07, 6.45) is 1.55. The van der Waals surface area contributed by atoms with Crippen LogP contribution in [0.15, 0.2) is 16.6 Å². The van der Waals surface area contributed by atoms with Crippen LogP contribution < -0.4 is 11.1 Å².